The van der Waals surface area contributed by atoms with Crippen LogP contribution in [0.2, 0.25) is 0 Å². The fourth-order valence-corrected chi connectivity index (χ4v) is 3.00. The highest BCUT2D eigenvalue weighted by molar-refractivity contribution is 5.70. The molecule has 2 aliphatic rings. The molecule has 1 aromatic rings. The molecule has 2 heterocycles. The van der Waals surface area contributed by atoms with Crippen LogP contribution in [-0.4, -0.2) is 48.9 Å². The number of aliphatic carboxylic acids is 1. The van der Waals surface area contributed by atoms with Gasteiger partial charge in [-0.25, -0.2) is 8.78 Å². The molecule has 1 aromatic carbocycles. The molecule has 0 aliphatic carbocycles. The number of hydrogen-bond acceptors (Lipinski definition) is 5. The first-order chi connectivity index (χ1) is 10.9. The number of rotatable bonds is 4. The molecule has 0 bridgehead atoms. The second kappa shape index (κ2) is 5.84. The van der Waals surface area contributed by atoms with E-state index < -0.39 is 30.8 Å². The summed E-state index contributed by atoms with van der Waals surface area (Å²) >= 11 is 0. The Bertz CT molecular complexity index is 622. The minimum atomic E-state index is -3.02. The highest BCUT2D eigenvalue weighted by Gasteiger charge is 2.43. The van der Waals surface area contributed by atoms with Crippen LogP contribution in [0.3, 0.4) is 0 Å². The van der Waals surface area contributed by atoms with Crippen LogP contribution in [0.15, 0.2) is 12.1 Å². The molecule has 1 atom stereocenters. The van der Waals surface area contributed by atoms with E-state index >= 15 is 0 Å². The summed E-state index contributed by atoms with van der Waals surface area (Å²) < 4.78 is 43.4. The summed E-state index contributed by atoms with van der Waals surface area (Å²) in [4.78, 5) is 12.5. The number of likely N-dealkylation sites (tertiary alicyclic amines) is 1. The van der Waals surface area contributed by atoms with Crippen LogP contribution in [0.1, 0.15) is 12.0 Å². The third-order valence-corrected chi connectivity index (χ3v) is 4.00. The SMILES string of the molecule is COc1cc2c(cc1CN1CC(C(=O)O)CC(F)(F)C1)OCO2. The topological polar surface area (TPSA) is 68.2 Å². The summed E-state index contributed by atoms with van der Waals surface area (Å²) in [6.07, 6.45) is -0.628. The van der Waals surface area contributed by atoms with Crippen LogP contribution in [0.5, 0.6) is 17.2 Å². The smallest absolute Gasteiger partial charge is 0.308 e. The maximum atomic E-state index is 13.8. The average molecular weight is 329 g/mol. The Hall–Kier alpha value is -2.09. The second-order valence-electron chi connectivity index (χ2n) is 5.78. The molecule has 1 unspecified atom stereocenters. The monoisotopic (exact) mass is 329 g/mol. The van der Waals surface area contributed by atoms with Crippen molar-refractivity contribution >= 4 is 5.97 Å². The third-order valence-electron chi connectivity index (χ3n) is 4.00. The number of benzene rings is 1. The molecule has 0 spiro atoms. The number of ether oxygens (including phenoxy) is 3. The van der Waals surface area contributed by atoms with E-state index in [0.717, 1.165) is 0 Å². The first-order valence-corrected chi connectivity index (χ1v) is 7.17. The van der Waals surface area contributed by atoms with Crippen molar-refractivity contribution in [3.63, 3.8) is 0 Å². The largest absolute Gasteiger partial charge is 0.496 e. The van der Waals surface area contributed by atoms with Gasteiger partial charge in [0.15, 0.2) is 11.5 Å². The lowest BCUT2D eigenvalue weighted by Gasteiger charge is -2.36. The zero-order valence-corrected chi connectivity index (χ0v) is 12.6. The zero-order valence-electron chi connectivity index (χ0n) is 12.6. The Morgan fingerprint density at radius 2 is 2.13 bits per heavy atom. The molecule has 23 heavy (non-hydrogen) atoms. The van der Waals surface area contributed by atoms with Gasteiger partial charge < -0.3 is 19.3 Å². The molecule has 6 nitrogen and oxygen atoms in total. The van der Waals surface area contributed by atoms with E-state index in [0.29, 0.717) is 22.8 Å². The fraction of sp³-hybridized carbons (Fsp3) is 0.533. The Labute approximate surface area is 131 Å². The molecule has 3 rings (SSSR count). The van der Waals surface area contributed by atoms with Gasteiger partial charge in [-0.1, -0.05) is 0 Å². The molecule has 0 saturated carbocycles. The number of halogens is 2. The lowest BCUT2D eigenvalue weighted by atomic mass is 9.95. The van der Waals surface area contributed by atoms with E-state index in [1.54, 1.807) is 12.1 Å². The number of carbonyl (C=O) groups is 1. The van der Waals surface area contributed by atoms with E-state index in [1.807, 2.05) is 0 Å². The summed E-state index contributed by atoms with van der Waals surface area (Å²) in [6.45, 7) is -0.152. The van der Waals surface area contributed by atoms with Crippen LogP contribution in [0.25, 0.3) is 0 Å². The Balaban J connectivity index is 1.82. The second-order valence-corrected chi connectivity index (χ2v) is 5.78. The number of piperidine rings is 1. The fourth-order valence-electron chi connectivity index (χ4n) is 3.00. The van der Waals surface area contributed by atoms with Crippen molar-refractivity contribution in [2.24, 2.45) is 5.92 Å². The number of fused-ring (bicyclic) bond motifs is 1. The molecule has 0 amide bonds. The van der Waals surface area contributed by atoms with Crippen molar-refractivity contribution in [3.8, 4) is 17.2 Å². The predicted octanol–water partition coefficient (Wildman–Crippen LogP) is 1.97. The minimum Gasteiger partial charge on any atom is -0.496 e. The van der Waals surface area contributed by atoms with Crippen LogP contribution < -0.4 is 14.2 Å². The first-order valence-electron chi connectivity index (χ1n) is 7.17. The van der Waals surface area contributed by atoms with Gasteiger partial charge in [-0.05, 0) is 6.07 Å². The van der Waals surface area contributed by atoms with Gasteiger partial charge in [0, 0.05) is 31.1 Å². The average Bonchev–Trinajstić information content (AvgIpc) is 2.91. The quantitative estimate of drug-likeness (QED) is 0.911. The number of carboxylic acid groups (broad SMARTS) is 1. The normalized spacial score (nSPS) is 22.8. The summed E-state index contributed by atoms with van der Waals surface area (Å²) in [5, 5.41) is 9.06. The maximum absolute atomic E-state index is 13.8. The van der Waals surface area contributed by atoms with Gasteiger partial charge in [0.25, 0.3) is 5.92 Å². The summed E-state index contributed by atoms with van der Waals surface area (Å²) in [7, 11) is 1.48. The molecule has 1 fully saturated rings. The molecule has 1 N–H and O–H groups in total. The van der Waals surface area contributed by atoms with Crippen molar-refractivity contribution in [2.75, 3.05) is 27.0 Å². The standard InChI is InChI=1S/C15H17F2NO5/c1-21-11-3-13-12(22-8-23-13)2-9(11)5-18-6-10(14(19)20)4-15(16,17)7-18/h2-3,10H,4-8H2,1H3,(H,19,20). The van der Waals surface area contributed by atoms with Gasteiger partial charge >= 0.3 is 5.97 Å². The first kappa shape index (κ1) is 15.8. The van der Waals surface area contributed by atoms with Gasteiger partial charge in [0.2, 0.25) is 6.79 Å². The predicted molar refractivity (Wildman–Crippen MR) is 75.1 cm³/mol. The van der Waals surface area contributed by atoms with Crippen LogP contribution in [0.4, 0.5) is 8.78 Å². The van der Waals surface area contributed by atoms with Crippen molar-refractivity contribution in [2.45, 2.75) is 18.9 Å². The van der Waals surface area contributed by atoms with Crippen molar-refractivity contribution in [1.29, 1.82) is 0 Å². The van der Waals surface area contributed by atoms with E-state index in [4.69, 9.17) is 19.3 Å². The van der Waals surface area contributed by atoms with E-state index in [9.17, 15) is 13.6 Å². The van der Waals surface area contributed by atoms with E-state index in [2.05, 4.69) is 0 Å². The number of alkyl halides is 2. The molecule has 2 aliphatic heterocycles. The Kier molecular flexibility index (Phi) is 4.01. The molecule has 8 heteroatoms. The van der Waals surface area contributed by atoms with Gasteiger partial charge in [-0.2, -0.15) is 0 Å². The summed E-state index contributed by atoms with van der Waals surface area (Å²) in [5.41, 5.74) is 0.651. The lowest BCUT2D eigenvalue weighted by molar-refractivity contribution is -0.153. The molecule has 126 valence electrons. The van der Waals surface area contributed by atoms with Crippen LogP contribution in [0, 0.1) is 5.92 Å². The number of hydrogen-bond donors (Lipinski definition) is 1. The van der Waals surface area contributed by atoms with Gasteiger partial charge in [-0.3, -0.25) is 9.69 Å². The minimum absolute atomic E-state index is 0.0719. The van der Waals surface area contributed by atoms with Crippen molar-refractivity contribution in [1.82, 2.24) is 4.90 Å². The molecular formula is C15H17F2NO5. The third kappa shape index (κ3) is 3.31. The summed E-state index contributed by atoms with van der Waals surface area (Å²) in [6, 6.07) is 3.33. The molecular weight excluding hydrogens is 312 g/mol. The Morgan fingerprint density at radius 3 is 2.78 bits per heavy atom. The number of methoxy groups -OCH3 is 1. The Morgan fingerprint density at radius 1 is 1.43 bits per heavy atom. The molecule has 0 aromatic heterocycles. The number of nitrogens with zero attached hydrogens (tertiary/aromatic N) is 1. The van der Waals surface area contributed by atoms with Gasteiger partial charge in [-0.15, -0.1) is 0 Å². The van der Waals surface area contributed by atoms with Crippen molar-refractivity contribution < 1.29 is 32.9 Å². The highest BCUT2D eigenvalue weighted by atomic mass is 19.3. The van der Waals surface area contributed by atoms with E-state index in [1.165, 1.54) is 12.0 Å². The molecule has 1 saturated heterocycles. The van der Waals surface area contributed by atoms with Crippen LogP contribution in [-0.2, 0) is 11.3 Å². The lowest BCUT2D eigenvalue weighted by Crippen LogP contribution is -2.48. The maximum Gasteiger partial charge on any atom is 0.308 e. The van der Waals surface area contributed by atoms with Crippen LogP contribution >= 0.6 is 0 Å². The molecule has 0 radical (unpaired) electrons. The summed E-state index contributed by atoms with van der Waals surface area (Å²) in [5.74, 6) is -3.75. The van der Waals surface area contributed by atoms with E-state index in [-0.39, 0.29) is 19.9 Å². The number of carboxylic acids is 1. The van der Waals surface area contributed by atoms with Gasteiger partial charge in [0.1, 0.15) is 5.75 Å². The van der Waals surface area contributed by atoms with Crippen molar-refractivity contribution in [3.05, 3.63) is 17.7 Å². The van der Waals surface area contributed by atoms with Gasteiger partial charge in [0.05, 0.1) is 19.6 Å². The highest BCUT2D eigenvalue weighted by Crippen LogP contribution is 2.39. The zero-order chi connectivity index (χ0) is 16.6.